The average Bonchev–Trinajstić information content (AvgIpc) is 2.72. The second-order valence-electron chi connectivity index (χ2n) is 4.97. The Morgan fingerprint density at radius 3 is 2.25 bits per heavy atom. The van der Waals surface area contributed by atoms with E-state index < -0.39 is 0 Å². The van der Waals surface area contributed by atoms with Gasteiger partial charge in [-0.1, -0.05) is 20.8 Å². The molecule has 0 aromatic carbocycles. The molecule has 1 unspecified atom stereocenters. The van der Waals surface area contributed by atoms with Crippen LogP contribution in [0.1, 0.15) is 52.9 Å². The zero-order chi connectivity index (χ0) is 12.2. The number of nitrogens with one attached hydrogen (secondary N) is 1. The lowest BCUT2D eigenvalue weighted by atomic mass is 9.89. The Balaban J connectivity index is 2.61. The normalized spacial score (nSPS) is 22.4. The van der Waals surface area contributed by atoms with Crippen molar-refractivity contribution >= 4 is 5.91 Å². The molecule has 0 aromatic rings. The summed E-state index contributed by atoms with van der Waals surface area (Å²) in [6.45, 7) is 7.53. The van der Waals surface area contributed by atoms with E-state index in [-0.39, 0.29) is 17.5 Å². The molecule has 1 fully saturated rings. The number of amides is 1. The zero-order valence-electron chi connectivity index (χ0n) is 11.2. The van der Waals surface area contributed by atoms with Crippen molar-refractivity contribution in [2.75, 3.05) is 13.6 Å². The number of likely N-dealkylation sites (tertiary alicyclic amines) is 1. The number of carbonyl (C=O) groups excluding carboxylic acids is 1. The molecule has 0 spiro atoms. The summed E-state index contributed by atoms with van der Waals surface area (Å²) in [5.74, 6) is 0.227. The molecule has 1 N–H and O–H groups in total. The number of rotatable bonds is 5. The van der Waals surface area contributed by atoms with Gasteiger partial charge in [-0.2, -0.15) is 0 Å². The Hall–Kier alpha value is -0.570. The summed E-state index contributed by atoms with van der Waals surface area (Å²) in [6.07, 6.45) is 5.20. The molecule has 0 saturated carbocycles. The summed E-state index contributed by atoms with van der Waals surface area (Å²) in [4.78, 5) is 14.4. The molecule has 3 nitrogen and oxygen atoms in total. The van der Waals surface area contributed by atoms with Gasteiger partial charge in [-0.3, -0.25) is 9.69 Å². The number of hydrogen-bond acceptors (Lipinski definition) is 2. The first-order valence-corrected chi connectivity index (χ1v) is 6.60. The summed E-state index contributed by atoms with van der Waals surface area (Å²) in [6, 6.07) is 0.101. The molecule has 94 valence electrons. The van der Waals surface area contributed by atoms with Crippen molar-refractivity contribution in [3.8, 4) is 0 Å². The van der Waals surface area contributed by atoms with E-state index in [1.807, 2.05) is 7.05 Å². The van der Waals surface area contributed by atoms with Crippen molar-refractivity contribution in [2.45, 2.75) is 64.5 Å². The molecule has 0 bridgehead atoms. The van der Waals surface area contributed by atoms with Crippen LogP contribution in [0.25, 0.3) is 0 Å². The molecular formula is C13H26N2O. The van der Waals surface area contributed by atoms with Crippen LogP contribution in [-0.4, -0.2) is 36.0 Å². The predicted octanol–water partition coefficient (Wildman–Crippen LogP) is 2.17. The van der Waals surface area contributed by atoms with Crippen LogP contribution in [0, 0.1) is 0 Å². The Morgan fingerprint density at radius 2 is 1.88 bits per heavy atom. The minimum atomic E-state index is 0.0144. The summed E-state index contributed by atoms with van der Waals surface area (Å²) < 4.78 is 0. The molecule has 16 heavy (non-hydrogen) atoms. The largest absolute Gasteiger partial charge is 0.349 e. The summed E-state index contributed by atoms with van der Waals surface area (Å²) in [5, 5.41) is 3.27. The smallest absolute Gasteiger partial charge is 0.237 e. The fourth-order valence-corrected chi connectivity index (χ4v) is 2.60. The third kappa shape index (κ3) is 2.76. The molecule has 1 saturated heterocycles. The van der Waals surface area contributed by atoms with Gasteiger partial charge in [0.1, 0.15) is 0 Å². The van der Waals surface area contributed by atoms with Gasteiger partial charge in [0.05, 0.1) is 6.04 Å². The van der Waals surface area contributed by atoms with E-state index in [0.717, 1.165) is 38.6 Å². The van der Waals surface area contributed by atoms with Crippen LogP contribution in [-0.2, 0) is 4.79 Å². The van der Waals surface area contributed by atoms with Gasteiger partial charge < -0.3 is 5.32 Å². The van der Waals surface area contributed by atoms with Gasteiger partial charge in [0.25, 0.3) is 0 Å². The van der Waals surface area contributed by atoms with E-state index in [9.17, 15) is 4.79 Å². The van der Waals surface area contributed by atoms with Crippen molar-refractivity contribution in [3.05, 3.63) is 0 Å². The molecule has 1 heterocycles. The molecule has 1 rings (SSSR count). The van der Waals surface area contributed by atoms with Gasteiger partial charge >= 0.3 is 0 Å². The quantitative estimate of drug-likeness (QED) is 0.779. The summed E-state index contributed by atoms with van der Waals surface area (Å²) >= 11 is 0. The van der Waals surface area contributed by atoms with Crippen molar-refractivity contribution in [3.63, 3.8) is 0 Å². The fourth-order valence-electron chi connectivity index (χ4n) is 2.60. The highest BCUT2D eigenvalue weighted by molar-refractivity contribution is 5.82. The van der Waals surface area contributed by atoms with Crippen LogP contribution < -0.4 is 5.32 Å². The molecule has 3 heteroatoms. The van der Waals surface area contributed by atoms with Crippen molar-refractivity contribution in [2.24, 2.45) is 0 Å². The third-order valence-electron chi connectivity index (χ3n) is 4.24. The lowest BCUT2D eigenvalue weighted by Crippen LogP contribution is -2.52. The minimum Gasteiger partial charge on any atom is -0.349 e. The topological polar surface area (TPSA) is 32.3 Å². The van der Waals surface area contributed by atoms with Gasteiger partial charge in [0.2, 0.25) is 5.91 Å². The molecule has 0 aliphatic carbocycles. The minimum absolute atomic E-state index is 0.0144. The van der Waals surface area contributed by atoms with Gasteiger partial charge in [0.15, 0.2) is 0 Å². The molecule has 1 aliphatic rings. The van der Waals surface area contributed by atoms with Crippen LogP contribution in [0.3, 0.4) is 0 Å². The molecule has 0 aromatic heterocycles. The van der Waals surface area contributed by atoms with Crippen LogP contribution in [0.2, 0.25) is 0 Å². The second kappa shape index (κ2) is 5.67. The van der Waals surface area contributed by atoms with Crippen LogP contribution in [0.5, 0.6) is 0 Å². The van der Waals surface area contributed by atoms with Crippen molar-refractivity contribution in [1.29, 1.82) is 0 Å². The average molecular weight is 226 g/mol. The highest BCUT2D eigenvalue weighted by Gasteiger charge is 2.33. The zero-order valence-corrected chi connectivity index (χ0v) is 11.2. The molecule has 1 atom stereocenters. The molecule has 0 radical (unpaired) electrons. The van der Waals surface area contributed by atoms with E-state index in [2.05, 4.69) is 31.0 Å². The number of nitrogens with zero attached hydrogens (tertiary/aromatic N) is 1. The summed E-state index contributed by atoms with van der Waals surface area (Å²) in [5.41, 5.74) is 0.0144. The lowest BCUT2D eigenvalue weighted by molar-refractivity contribution is -0.127. The monoisotopic (exact) mass is 226 g/mol. The highest BCUT2D eigenvalue weighted by atomic mass is 16.2. The Labute approximate surface area is 99.6 Å². The standard InChI is InChI=1S/C13H26N2O/c1-5-13(6-2,7-3)14-12(16)11-9-8-10-15(11)4/h11H,5-10H2,1-4H3,(H,14,16). The lowest BCUT2D eigenvalue weighted by Gasteiger charge is -2.34. The first-order chi connectivity index (χ1) is 7.58. The SMILES string of the molecule is CCC(CC)(CC)NC(=O)C1CCCN1C. The number of carbonyl (C=O) groups is 1. The van der Waals surface area contributed by atoms with Gasteiger partial charge in [0, 0.05) is 5.54 Å². The van der Waals surface area contributed by atoms with Crippen molar-refractivity contribution < 1.29 is 4.79 Å². The van der Waals surface area contributed by atoms with Crippen molar-refractivity contribution in [1.82, 2.24) is 10.2 Å². The molecular weight excluding hydrogens is 200 g/mol. The highest BCUT2D eigenvalue weighted by Crippen LogP contribution is 2.22. The molecule has 1 amide bonds. The van der Waals surface area contributed by atoms with Gasteiger partial charge in [-0.25, -0.2) is 0 Å². The Kier molecular flexibility index (Phi) is 4.78. The maximum absolute atomic E-state index is 12.2. The maximum Gasteiger partial charge on any atom is 0.237 e. The predicted molar refractivity (Wildman–Crippen MR) is 67.4 cm³/mol. The van der Waals surface area contributed by atoms with Crippen LogP contribution in [0.15, 0.2) is 0 Å². The van der Waals surface area contributed by atoms with E-state index in [4.69, 9.17) is 0 Å². The van der Waals surface area contributed by atoms with E-state index in [0.29, 0.717) is 0 Å². The van der Waals surface area contributed by atoms with Crippen LogP contribution >= 0.6 is 0 Å². The summed E-state index contributed by atoms with van der Waals surface area (Å²) in [7, 11) is 2.04. The first kappa shape index (κ1) is 13.5. The van der Waals surface area contributed by atoms with E-state index >= 15 is 0 Å². The fraction of sp³-hybridized carbons (Fsp3) is 0.923. The number of likely N-dealkylation sites (N-methyl/N-ethyl adjacent to an activating group) is 1. The van der Waals surface area contributed by atoms with Gasteiger partial charge in [-0.05, 0) is 45.7 Å². The van der Waals surface area contributed by atoms with Gasteiger partial charge in [-0.15, -0.1) is 0 Å². The second-order valence-corrected chi connectivity index (χ2v) is 4.97. The van der Waals surface area contributed by atoms with E-state index in [1.54, 1.807) is 0 Å². The Bertz CT molecular complexity index is 228. The van der Waals surface area contributed by atoms with Crippen LogP contribution in [0.4, 0.5) is 0 Å². The first-order valence-electron chi connectivity index (χ1n) is 6.60. The van der Waals surface area contributed by atoms with E-state index in [1.165, 1.54) is 0 Å². The Morgan fingerprint density at radius 1 is 1.31 bits per heavy atom. The third-order valence-corrected chi connectivity index (χ3v) is 4.24. The number of hydrogen-bond donors (Lipinski definition) is 1. The maximum atomic E-state index is 12.2. The molecule has 1 aliphatic heterocycles.